The largest absolute Gasteiger partial charge is 0.461 e. The number of ether oxygens (including phenoxy) is 2. The average molecular weight is 848 g/mol. The van der Waals surface area contributed by atoms with Crippen LogP contribution in [0.15, 0.2) is 24.3 Å². The molecule has 0 spiro atoms. The molecule has 0 aliphatic carbocycles. The first-order chi connectivity index (χ1) is 28.8. The van der Waals surface area contributed by atoms with Gasteiger partial charge < -0.3 is 14.4 Å². The minimum Gasteiger partial charge on any atom is -0.461 e. The fourth-order valence-corrected chi connectivity index (χ4v) is 10.3. The summed E-state index contributed by atoms with van der Waals surface area (Å²) in [7, 11) is 3.64. The van der Waals surface area contributed by atoms with E-state index in [1.165, 1.54) is 141 Å². The number of unbranched alkanes of at least 4 members (excludes halogenated alkanes) is 16. The van der Waals surface area contributed by atoms with Crippen molar-refractivity contribution >= 4 is 25.4 Å². The lowest BCUT2D eigenvalue weighted by molar-refractivity contribution is -0.143. The first-order valence-electron chi connectivity index (χ1n) is 25.3. The van der Waals surface area contributed by atoms with E-state index in [4.69, 9.17) is 9.47 Å². The van der Waals surface area contributed by atoms with Gasteiger partial charge in [0, 0.05) is 19.3 Å². The molecular formula is C52H98NO5P. The second-order valence-corrected chi connectivity index (χ2v) is 20.3. The highest BCUT2D eigenvalue weighted by Gasteiger charge is 2.17. The van der Waals surface area contributed by atoms with Crippen molar-refractivity contribution in [3.05, 3.63) is 24.3 Å². The molecule has 0 rings (SSSR count). The molecular weight excluding hydrogens is 750 g/mol. The lowest BCUT2D eigenvalue weighted by Crippen LogP contribution is -2.14. The van der Waals surface area contributed by atoms with Gasteiger partial charge in [-0.15, -0.1) is 0 Å². The maximum Gasteiger partial charge on any atom is 0.306 e. The van der Waals surface area contributed by atoms with E-state index >= 15 is 0 Å². The summed E-state index contributed by atoms with van der Waals surface area (Å²) in [4.78, 5) is 39.8. The minimum atomic E-state index is -0.532. The van der Waals surface area contributed by atoms with Gasteiger partial charge in [0.15, 0.2) is 5.52 Å². The number of rotatable bonds is 45. The third kappa shape index (κ3) is 40.3. The topological polar surface area (TPSA) is 72.9 Å². The van der Waals surface area contributed by atoms with Crippen molar-refractivity contribution in [2.24, 2.45) is 11.8 Å². The van der Waals surface area contributed by atoms with Gasteiger partial charge in [0.2, 0.25) is 0 Å². The van der Waals surface area contributed by atoms with Crippen LogP contribution in [-0.2, 0) is 23.9 Å². The second-order valence-electron chi connectivity index (χ2n) is 17.8. The molecule has 0 aromatic carbocycles. The zero-order valence-corrected chi connectivity index (χ0v) is 41.0. The van der Waals surface area contributed by atoms with Crippen LogP contribution in [-0.4, -0.2) is 68.5 Å². The van der Waals surface area contributed by atoms with Crippen LogP contribution in [0.4, 0.5) is 0 Å². The first kappa shape index (κ1) is 57.5. The van der Waals surface area contributed by atoms with Crippen LogP contribution < -0.4 is 0 Å². The van der Waals surface area contributed by atoms with Gasteiger partial charge >= 0.3 is 11.9 Å². The molecule has 0 saturated carbocycles. The Morgan fingerprint density at radius 1 is 0.458 bits per heavy atom. The van der Waals surface area contributed by atoms with Crippen molar-refractivity contribution in [3.63, 3.8) is 0 Å². The lowest BCUT2D eigenvalue weighted by atomic mass is 9.93. The molecule has 0 N–H and O–H groups in total. The summed E-state index contributed by atoms with van der Waals surface area (Å²) >= 11 is 0. The monoisotopic (exact) mass is 848 g/mol. The molecule has 346 valence electrons. The van der Waals surface area contributed by atoms with Crippen molar-refractivity contribution < 1.29 is 23.9 Å². The van der Waals surface area contributed by atoms with E-state index in [1.54, 1.807) is 0 Å². The van der Waals surface area contributed by atoms with Crippen LogP contribution in [0.25, 0.3) is 0 Å². The summed E-state index contributed by atoms with van der Waals surface area (Å²) in [5.74, 6) is 1.41. The minimum absolute atomic E-state index is 0.0662. The molecule has 0 atom stereocenters. The Kier molecular flexibility index (Phi) is 43.4. The van der Waals surface area contributed by atoms with Gasteiger partial charge in [0.05, 0.1) is 0 Å². The average Bonchev–Trinajstić information content (AvgIpc) is 3.22. The summed E-state index contributed by atoms with van der Waals surface area (Å²) in [6.07, 6.45) is 47.1. The van der Waals surface area contributed by atoms with E-state index in [0.29, 0.717) is 31.6 Å². The van der Waals surface area contributed by atoms with Crippen LogP contribution >= 0.6 is 7.92 Å². The third-order valence-corrected chi connectivity index (χ3v) is 14.4. The molecule has 0 aliphatic rings. The van der Waals surface area contributed by atoms with E-state index in [9.17, 15) is 14.4 Å². The summed E-state index contributed by atoms with van der Waals surface area (Å²) < 4.78 is 10.9. The van der Waals surface area contributed by atoms with Gasteiger partial charge in [-0.1, -0.05) is 193 Å². The van der Waals surface area contributed by atoms with Crippen molar-refractivity contribution in [1.82, 2.24) is 4.90 Å². The van der Waals surface area contributed by atoms with Gasteiger partial charge in [0.1, 0.15) is 13.2 Å². The van der Waals surface area contributed by atoms with Crippen LogP contribution in [0.5, 0.6) is 0 Å². The Hall–Kier alpha value is -1.52. The van der Waals surface area contributed by atoms with Gasteiger partial charge in [-0.25, -0.2) is 0 Å². The van der Waals surface area contributed by atoms with Gasteiger partial charge in [-0.05, 0) is 97.7 Å². The van der Waals surface area contributed by atoms with Gasteiger partial charge in [-0.3, -0.25) is 14.4 Å². The highest BCUT2D eigenvalue weighted by atomic mass is 31.1. The smallest absolute Gasteiger partial charge is 0.306 e. The number of hydrogen-bond acceptors (Lipinski definition) is 6. The lowest BCUT2D eigenvalue weighted by Gasteiger charge is -2.17. The van der Waals surface area contributed by atoms with E-state index in [0.717, 1.165) is 82.1 Å². The number of esters is 2. The Morgan fingerprint density at radius 2 is 0.814 bits per heavy atom. The zero-order valence-electron chi connectivity index (χ0n) is 40.1. The standard InChI is InChI=1S/C52H98NO5P/c1-7-11-34-48(35-12-8-2)38-27-29-44-57-50(54)40-25-21-17-15-19-23-31-46-59(52(56)42-33-43-53(5)6)47-32-24-20-16-18-22-26-41-51(55)58-45-30-28-39-49(36-13-9-3)37-14-10-4/h27-30,48-49H,7-26,31-47H2,1-6H3. The van der Waals surface area contributed by atoms with Crippen LogP contribution in [0, 0.1) is 11.8 Å². The Bertz CT molecular complexity index is 931. The van der Waals surface area contributed by atoms with E-state index in [2.05, 4.69) is 58.8 Å². The summed E-state index contributed by atoms with van der Waals surface area (Å²) in [5.41, 5.74) is 0.540. The molecule has 0 aliphatic heterocycles. The molecule has 0 radical (unpaired) electrons. The number of carbonyl (C=O) groups excluding carboxylic acids is 3. The van der Waals surface area contributed by atoms with Crippen LogP contribution in [0.2, 0.25) is 0 Å². The quantitative estimate of drug-likeness (QED) is 0.0263. The molecule has 0 fully saturated rings. The number of carbonyl (C=O) groups is 3. The molecule has 59 heavy (non-hydrogen) atoms. The van der Waals surface area contributed by atoms with Crippen molar-refractivity contribution in [2.45, 2.75) is 233 Å². The molecule has 0 saturated heterocycles. The Balaban J connectivity index is 4.13. The second kappa shape index (κ2) is 44.5. The van der Waals surface area contributed by atoms with Crippen molar-refractivity contribution in [3.8, 4) is 0 Å². The Morgan fingerprint density at radius 3 is 1.17 bits per heavy atom. The van der Waals surface area contributed by atoms with E-state index in [1.807, 2.05) is 12.2 Å². The normalized spacial score (nSPS) is 12.5. The molecule has 0 heterocycles. The number of allylic oxidation sites excluding steroid dienone is 2. The van der Waals surface area contributed by atoms with E-state index in [-0.39, 0.29) is 11.9 Å². The Labute approximate surface area is 368 Å². The van der Waals surface area contributed by atoms with Crippen molar-refractivity contribution in [1.29, 1.82) is 0 Å². The summed E-state index contributed by atoms with van der Waals surface area (Å²) in [6.45, 7) is 10.9. The van der Waals surface area contributed by atoms with Crippen molar-refractivity contribution in [2.75, 3.05) is 46.2 Å². The maximum absolute atomic E-state index is 13.2. The summed E-state index contributed by atoms with van der Waals surface area (Å²) in [5, 5.41) is 0. The fraction of sp³-hybridized carbons (Fsp3) is 0.865. The number of nitrogens with zero attached hydrogens (tertiary/aromatic N) is 1. The molecule has 0 aromatic heterocycles. The van der Waals surface area contributed by atoms with Gasteiger partial charge in [0.25, 0.3) is 0 Å². The highest BCUT2D eigenvalue weighted by molar-refractivity contribution is 7.74. The van der Waals surface area contributed by atoms with E-state index < -0.39 is 7.92 Å². The molecule has 0 amide bonds. The SMILES string of the molecule is CCCCC(CC=CCOC(=O)CCCCCCCCCP(CCCCCCCCCC(=O)OCC=CCC(CCCC)CCCC)C(=O)CCCN(C)C)CCCC. The molecule has 6 nitrogen and oxygen atoms in total. The molecule has 0 aromatic rings. The maximum atomic E-state index is 13.2. The predicted octanol–water partition coefficient (Wildman–Crippen LogP) is 15.6. The highest BCUT2D eigenvalue weighted by Crippen LogP contribution is 2.41. The fourth-order valence-electron chi connectivity index (χ4n) is 7.85. The predicted molar refractivity (Wildman–Crippen MR) is 258 cm³/mol. The zero-order chi connectivity index (χ0) is 43.4. The molecule has 0 unspecified atom stereocenters. The third-order valence-electron chi connectivity index (χ3n) is 11.8. The summed E-state index contributed by atoms with van der Waals surface area (Å²) in [6, 6.07) is 0. The van der Waals surface area contributed by atoms with Gasteiger partial charge in [-0.2, -0.15) is 0 Å². The molecule has 0 bridgehead atoms. The van der Waals surface area contributed by atoms with Crippen LogP contribution in [0.3, 0.4) is 0 Å². The first-order valence-corrected chi connectivity index (χ1v) is 27.0. The molecule has 7 heteroatoms. The van der Waals surface area contributed by atoms with Crippen LogP contribution in [0.1, 0.15) is 233 Å². The number of hydrogen-bond donors (Lipinski definition) is 0.